The van der Waals surface area contributed by atoms with Gasteiger partial charge in [-0.1, -0.05) is 35.9 Å². The molecule has 0 N–H and O–H groups in total. The van der Waals surface area contributed by atoms with Crippen molar-refractivity contribution in [3.05, 3.63) is 59.2 Å². The molecule has 5 heteroatoms. The fraction of sp³-hybridized carbons (Fsp3) is 0.235. The normalized spacial score (nSPS) is 10.7. The Morgan fingerprint density at radius 2 is 1.95 bits per heavy atom. The molecule has 0 amide bonds. The minimum Gasteiger partial charge on any atom is -0.497 e. The highest BCUT2D eigenvalue weighted by atomic mass is 16.5. The van der Waals surface area contributed by atoms with Crippen LogP contribution in [-0.4, -0.2) is 27.3 Å². The minimum atomic E-state index is 0.601. The van der Waals surface area contributed by atoms with Crippen molar-refractivity contribution in [2.24, 2.45) is 0 Å². The van der Waals surface area contributed by atoms with E-state index in [2.05, 4.69) is 47.5 Å². The van der Waals surface area contributed by atoms with Gasteiger partial charge in [0.25, 0.3) is 0 Å². The lowest BCUT2D eigenvalue weighted by Gasteiger charge is -2.05. The second-order valence-corrected chi connectivity index (χ2v) is 5.31. The number of tetrazole rings is 1. The van der Waals surface area contributed by atoms with Gasteiger partial charge in [-0.05, 0) is 42.3 Å². The lowest BCUT2D eigenvalue weighted by atomic mass is 10.1. The summed E-state index contributed by atoms with van der Waals surface area (Å²) in [5.74, 6) is 1.38. The number of nitrogens with zero attached hydrogens (tertiary/aromatic N) is 4. The van der Waals surface area contributed by atoms with Crippen LogP contribution in [0, 0.1) is 13.8 Å². The molecule has 3 aromatic rings. The Morgan fingerprint density at radius 3 is 2.77 bits per heavy atom. The van der Waals surface area contributed by atoms with Crippen molar-refractivity contribution >= 4 is 0 Å². The molecule has 0 atom stereocenters. The van der Waals surface area contributed by atoms with Crippen LogP contribution in [-0.2, 0) is 6.54 Å². The lowest BCUT2D eigenvalue weighted by Crippen LogP contribution is -2.05. The predicted molar refractivity (Wildman–Crippen MR) is 84.8 cm³/mol. The second kappa shape index (κ2) is 5.97. The Bertz CT molecular complexity index is 795. The standard InChI is InChI=1S/C17H18N4O/c1-12-7-8-13(2)15(9-12)11-21-19-17(18-20-21)14-5-4-6-16(10-14)22-3/h4-10H,11H2,1-3H3. The maximum Gasteiger partial charge on any atom is 0.205 e. The monoisotopic (exact) mass is 294 g/mol. The van der Waals surface area contributed by atoms with Gasteiger partial charge >= 0.3 is 0 Å². The van der Waals surface area contributed by atoms with Gasteiger partial charge < -0.3 is 4.74 Å². The molecule has 2 aromatic carbocycles. The molecule has 22 heavy (non-hydrogen) atoms. The Labute approximate surface area is 129 Å². The van der Waals surface area contributed by atoms with Crippen molar-refractivity contribution in [1.82, 2.24) is 20.2 Å². The Hall–Kier alpha value is -2.69. The molecule has 1 aromatic heterocycles. The third-order valence-corrected chi connectivity index (χ3v) is 3.60. The molecule has 0 bridgehead atoms. The SMILES string of the molecule is COc1cccc(-c2nnn(Cc3cc(C)ccc3C)n2)c1. The van der Waals surface area contributed by atoms with Gasteiger partial charge in [0, 0.05) is 5.56 Å². The molecule has 3 rings (SSSR count). The highest BCUT2D eigenvalue weighted by Crippen LogP contribution is 2.20. The van der Waals surface area contributed by atoms with E-state index in [1.165, 1.54) is 16.7 Å². The Kier molecular flexibility index (Phi) is 3.87. The summed E-state index contributed by atoms with van der Waals surface area (Å²) >= 11 is 0. The van der Waals surface area contributed by atoms with E-state index in [1.807, 2.05) is 24.3 Å². The lowest BCUT2D eigenvalue weighted by molar-refractivity contribution is 0.415. The summed E-state index contributed by atoms with van der Waals surface area (Å²) < 4.78 is 5.22. The van der Waals surface area contributed by atoms with E-state index in [1.54, 1.807) is 11.9 Å². The van der Waals surface area contributed by atoms with Crippen LogP contribution in [0.1, 0.15) is 16.7 Å². The quantitative estimate of drug-likeness (QED) is 0.742. The van der Waals surface area contributed by atoms with E-state index in [9.17, 15) is 0 Å². The van der Waals surface area contributed by atoms with Gasteiger partial charge in [0.15, 0.2) is 0 Å². The molecule has 0 aliphatic carbocycles. The zero-order chi connectivity index (χ0) is 15.5. The molecule has 0 aliphatic rings. The summed E-state index contributed by atoms with van der Waals surface area (Å²) in [6, 6.07) is 14.0. The molecular weight excluding hydrogens is 276 g/mol. The number of benzene rings is 2. The third kappa shape index (κ3) is 2.98. The molecule has 1 heterocycles. The molecule has 112 valence electrons. The van der Waals surface area contributed by atoms with E-state index in [0.29, 0.717) is 12.4 Å². The van der Waals surface area contributed by atoms with Crippen LogP contribution in [0.5, 0.6) is 5.75 Å². The summed E-state index contributed by atoms with van der Waals surface area (Å²) in [5.41, 5.74) is 4.56. The van der Waals surface area contributed by atoms with Crippen molar-refractivity contribution in [2.75, 3.05) is 7.11 Å². The molecule has 0 saturated heterocycles. The first-order valence-corrected chi connectivity index (χ1v) is 7.14. The topological polar surface area (TPSA) is 52.8 Å². The van der Waals surface area contributed by atoms with Gasteiger partial charge in [0.05, 0.1) is 13.7 Å². The highest BCUT2D eigenvalue weighted by Gasteiger charge is 2.08. The van der Waals surface area contributed by atoms with Gasteiger partial charge in [0.2, 0.25) is 5.82 Å². The first-order valence-electron chi connectivity index (χ1n) is 7.14. The van der Waals surface area contributed by atoms with E-state index in [0.717, 1.165) is 11.3 Å². The summed E-state index contributed by atoms with van der Waals surface area (Å²) in [5, 5.41) is 12.7. The van der Waals surface area contributed by atoms with Gasteiger partial charge in [-0.15, -0.1) is 10.2 Å². The molecule has 5 nitrogen and oxygen atoms in total. The molecule has 0 aliphatic heterocycles. The Morgan fingerprint density at radius 1 is 1.09 bits per heavy atom. The summed E-state index contributed by atoms with van der Waals surface area (Å²) in [7, 11) is 1.64. The summed E-state index contributed by atoms with van der Waals surface area (Å²) in [4.78, 5) is 1.62. The number of ether oxygens (including phenoxy) is 1. The number of hydrogen-bond acceptors (Lipinski definition) is 4. The highest BCUT2D eigenvalue weighted by molar-refractivity contribution is 5.56. The number of aromatic nitrogens is 4. The predicted octanol–water partition coefficient (Wildman–Crippen LogP) is 3.01. The fourth-order valence-electron chi connectivity index (χ4n) is 2.31. The van der Waals surface area contributed by atoms with Crippen LogP contribution in [0.25, 0.3) is 11.4 Å². The van der Waals surface area contributed by atoms with Crippen molar-refractivity contribution in [3.8, 4) is 17.1 Å². The molecule has 0 unspecified atom stereocenters. The zero-order valence-corrected chi connectivity index (χ0v) is 12.9. The molecular formula is C17H18N4O. The molecule has 0 radical (unpaired) electrons. The summed E-state index contributed by atoms with van der Waals surface area (Å²) in [6.07, 6.45) is 0. The number of aryl methyl sites for hydroxylation is 2. The van der Waals surface area contributed by atoms with E-state index < -0.39 is 0 Å². The van der Waals surface area contributed by atoms with Gasteiger partial charge in [-0.25, -0.2) is 0 Å². The van der Waals surface area contributed by atoms with Crippen LogP contribution in [0.4, 0.5) is 0 Å². The van der Waals surface area contributed by atoms with Crippen LogP contribution in [0.15, 0.2) is 42.5 Å². The van der Waals surface area contributed by atoms with Gasteiger partial charge in [-0.3, -0.25) is 0 Å². The summed E-state index contributed by atoms with van der Waals surface area (Å²) in [6.45, 7) is 4.79. The van der Waals surface area contributed by atoms with E-state index in [-0.39, 0.29) is 0 Å². The van der Waals surface area contributed by atoms with E-state index in [4.69, 9.17) is 4.74 Å². The molecule has 0 saturated carbocycles. The largest absolute Gasteiger partial charge is 0.497 e. The van der Waals surface area contributed by atoms with Crippen LogP contribution in [0.2, 0.25) is 0 Å². The average Bonchev–Trinajstić information content (AvgIpc) is 2.99. The number of hydrogen-bond donors (Lipinski definition) is 0. The first kappa shape index (κ1) is 14.3. The smallest absolute Gasteiger partial charge is 0.205 e. The van der Waals surface area contributed by atoms with Crippen LogP contribution < -0.4 is 4.74 Å². The third-order valence-electron chi connectivity index (χ3n) is 3.60. The maximum absolute atomic E-state index is 5.22. The molecule has 0 fully saturated rings. The average molecular weight is 294 g/mol. The van der Waals surface area contributed by atoms with Crippen molar-refractivity contribution in [3.63, 3.8) is 0 Å². The Balaban J connectivity index is 1.86. The first-order chi connectivity index (χ1) is 10.7. The minimum absolute atomic E-state index is 0.601. The van der Waals surface area contributed by atoms with Gasteiger partial charge in [0.1, 0.15) is 5.75 Å². The van der Waals surface area contributed by atoms with Crippen LogP contribution in [0.3, 0.4) is 0 Å². The van der Waals surface area contributed by atoms with Crippen LogP contribution >= 0.6 is 0 Å². The zero-order valence-electron chi connectivity index (χ0n) is 12.9. The van der Waals surface area contributed by atoms with Crippen molar-refractivity contribution < 1.29 is 4.74 Å². The van der Waals surface area contributed by atoms with Crippen molar-refractivity contribution in [2.45, 2.75) is 20.4 Å². The van der Waals surface area contributed by atoms with Crippen molar-refractivity contribution in [1.29, 1.82) is 0 Å². The van der Waals surface area contributed by atoms with E-state index >= 15 is 0 Å². The molecule has 0 spiro atoms. The second-order valence-electron chi connectivity index (χ2n) is 5.31. The fourth-order valence-corrected chi connectivity index (χ4v) is 2.31. The maximum atomic E-state index is 5.22. The van der Waals surface area contributed by atoms with Gasteiger partial charge in [-0.2, -0.15) is 4.80 Å². The number of methoxy groups -OCH3 is 1. The number of rotatable bonds is 4.